The van der Waals surface area contributed by atoms with Gasteiger partial charge in [0, 0.05) is 24.7 Å². The molecule has 28 heavy (non-hydrogen) atoms. The van der Waals surface area contributed by atoms with Gasteiger partial charge in [-0.2, -0.15) is 13.2 Å². The first-order valence-corrected chi connectivity index (χ1v) is 10.3. The molecule has 1 saturated carbocycles. The zero-order valence-corrected chi connectivity index (χ0v) is 16.3. The maximum atomic E-state index is 12.8. The number of aliphatic carboxylic acids is 1. The van der Waals surface area contributed by atoms with Crippen molar-refractivity contribution in [2.24, 2.45) is 11.3 Å². The summed E-state index contributed by atoms with van der Waals surface area (Å²) in [5, 5.41) is 10.4. The van der Waals surface area contributed by atoms with E-state index in [0.717, 1.165) is 57.9 Å². The summed E-state index contributed by atoms with van der Waals surface area (Å²) in [4.78, 5) is 30.6. The topological polar surface area (TPSA) is 73.7 Å². The Bertz CT molecular complexity index is 684. The van der Waals surface area contributed by atoms with E-state index < -0.39 is 12.1 Å². The van der Waals surface area contributed by atoms with Gasteiger partial charge in [0.15, 0.2) is 0 Å². The average molecular weight is 419 g/mol. The van der Waals surface area contributed by atoms with Crippen LogP contribution in [0.15, 0.2) is 11.6 Å². The molecule has 4 rings (SSSR count). The first-order valence-electron chi connectivity index (χ1n) is 9.40. The quantitative estimate of drug-likeness (QED) is 0.812. The van der Waals surface area contributed by atoms with E-state index in [2.05, 4.69) is 14.8 Å². The molecule has 0 atom stereocenters. The lowest BCUT2D eigenvalue weighted by molar-refractivity contribution is -0.192. The van der Waals surface area contributed by atoms with Crippen molar-refractivity contribution in [1.29, 1.82) is 0 Å². The lowest BCUT2D eigenvalue weighted by atomic mass is 9.77. The molecule has 0 unspecified atom stereocenters. The number of rotatable bonds is 4. The predicted molar refractivity (Wildman–Crippen MR) is 96.7 cm³/mol. The van der Waals surface area contributed by atoms with Gasteiger partial charge in [-0.25, -0.2) is 9.78 Å². The average Bonchev–Trinajstić information content (AvgIpc) is 3.23. The highest BCUT2D eigenvalue weighted by Gasteiger charge is 2.48. The van der Waals surface area contributed by atoms with Crippen molar-refractivity contribution in [2.45, 2.75) is 44.8 Å². The Hall–Kier alpha value is -1.68. The zero-order chi connectivity index (χ0) is 20.4. The second-order valence-corrected chi connectivity index (χ2v) is 8.71. The number of carbonyl (C=O) groups is 2. The van der Waals surface area contributed by atoms with Crippen LogP contribution in [0.3, 0.4) is 0 Å². The largest absolute Gasteiger partial charge is 0.490 e. The molecule has 3 fully saturated rings. The lowest BCUT2D eigenvalue weighted by Crippen LogP contribution is -2.44. The summed E-state index contributed by atoms with van der Waals surface area (Å²) < 4.78 is 31.7. The minimum atomic E-state index is -5.08. The number of carbonyl (C=O) groups excluding carboxylic acids is 1. The van der Waals surface area contributed by atoms with Crippen LogP contribution < -0.4 is 0 Å². The van der Waals surface area contributed by atoms with Crippen LogP contribution in [0.25, 0.3) is 0 Å². The van der Waals surface area contributed by atoms with Crippen molar-refractivity contribution in [3.05, 3.63) is 16.6 Å². The van der Waals surface area contributed by atoms with Crippen LogP contribution in [0.5, 0.6) is 0 Å². The van der Waals surface area contributed by atoms with Gasteiger partial charge < -0.3 is 10.0 Å². The van der Waals surface area contributed by atoms with E-state index in [9.17, 15) is 18.0 Å². The first kappa shape index (κ1) is 21.0. The molecule has 0 bridgehead atoms. The van der Waals surface area contributed by atoms with Gasteiger partial charge in [-0.05, 0) is 51.1 Å². The van der Waals surface area contributed by atoms with Gasteiger partial charge in [0.05, 0.1) is 12.0 Å². The molecule has 0 aromatic carbocycles. The summed E-state index contributed by atoms with van der Waals surface area (Å²) in [6.45, 7) is 5.07. The van der Waals surface area contributed by atoms with Crippen LogP contribution in [-0.4, -0.2) is 64.1 Å². The smallest absolute Gasteiger partial charge is 0.475 e. The summed E-state index contributed by atoms with van der Waals surface area (Å²) in [5.74, 6) is -1.48. The van der Waals surface area contributed by atoms with E-state index in [0.29, 0.717) is 5.91 Å². The summed E-state index contributed by atoms with van der Waals surface area (Å²) in [5.41, 5.74) is -0.0196. The molecule has 156 valence electrons. The second kappa shape index (κ2) is 8.36. The molecule has 0 radical (unpaired) electrons. The molecule has 1 aromatic heterocycles. The second-order valence-electron chi connectivity index (χ2n) is 7.73. The number of thiazole rings is 1. The van der Waals surface area contributed by atoms with Crippen molar-refractivity contribution in [2.75, 3.05) is 26.2 Å². The summed E-state index contributed by atoms with van der Waals surface area (Å²) in [6, 6.07) is 0. The fourth-order valence-corrected chi connectivity index (χ4v) is 4.46. The van der Waals surface area contributed by atoms with Crippen molar-refractivity contribution >= 4 is 23.2 Å². The minimum Gasteiger partial charge on any atom is -0.475 e. The molecular weight excluding hydrogens is 395 g/mol. The minimum absolute atomic E-state index is 0.0196. The number of carboxylic acids is 1. The number of amides is 1. The third kappa shape index (κ3) is 5.22. The van der Waals surface area contributed by atoms with E-state index >= 15 is 0 Å². The fourth-order valence-electron chi connectivity index (χ4n) is 3.80. The summed E-state index contributed by atoms with van der Waals surface area (Å²) in [6.07, 6.45) is 2.62. The number of aromatic nitrogens is 1. The Balaban J connectivity index is 0.000000279. The van der Waals surface area contributed by atoms with Crippen LogP contribution in [-0.2, 0) is 16.1 Å². The molecule has 3 heterocycles. The van der Waals surface area contributed by atoms with Crippen LogP contribution in [0.1, 0.15) is 37.1 Å². The van der Waals surface area contributed by atoms with Crippen molar-refractivity contribution in [3.8, 4) is 0 Å². The molecule has 2 saturated heterocycles. The van der Waals surface area contributed by atoms with Gasteiger partial charge in [0.2, 0.25) is 5.91 Å². The van der Waals surface area contributed by atoms with Gasteiger partial charge in [-0.3, -0.25) is 9.69 Å². The molecule has 6 nitrogen and oxygen atoms in total. The van der Waals surface area contributed by atoms with Crippen LogP contribution in [0, 0.1) is 11.3 Å². The fraction of sp³-hybridized carbons (Fsp3) is 0.722. The molecule has 1 aliphatic carbocycles. The van der Waals surface area contributed by atoms with Gasteiger partial charge in [-0.1, -0.05) is 0 Å². The summed E-state index contributed by atoms with van der Waals surface area (Å²) in [7, 11) is 0. The van der Waals surface area contributed by atoms with Gasteiger partial charge in [0.25, 0.3) is 0 Å². The molecule has 1 amide bonds. The molecule has 10 heteroatoms. The maximum Gasteiger partial charge on any atom is 0.490 e. The Kier molecular flexibility index (Phi) is 6.28. The van der Waals surface area contributed by atoms with Crippen molar-refractivity contribution in [1.82, 2.24) is 14.8 Å². The first-order chi connectivity index (χ1) is 13.2. The molecule has 2 aliphatic heterocycles. The highest BCUT2D eigenvalue weighted by Crippen LogP contribution is 2.43. The normalized spacial score (nSPS) is 22.2. The standard InChI is InChI=1S/C16H23N3OS.C2HF3O2/c20-15-16(5-9-19(15)11-13-1-2-13)3-7-18(8-4-16)12-14-17-6-10-21-14;3-2(4,5)1(6)7/h6,10,13H,1-5,7-9,11-12H2;(H,6,7). The Morgan fingerprint density at radius 2 is 1.86 bits per heavy atom. The lowest BCUT2D eigenvalue weighted by Gasteiger charge is -2.37. The SMILES string of the molecule is O=C(O)C(F)(F)F.O=C1N(CC2CC2)CCC12CCN(Cc1nccs1)CC2. The Labute approximate surface area is 165 Å². The number of nitrogens with zero attached hydrogens (tertiary/aromatic N) is 3. The van der Waals surface area contributed by atoms with Crippen LogP contribution >= 0.6 is 11.3 Å². The Morgan fingerprint density at radius 1 is 1.25 bits per heavy atom. The van der Waals surface area contributed by atoms with Crippen molar-refractivity contribution in [3.63, 3.8) is 0 Å². The highest BCUT2D eigenvalue weighted by molar-refractivity contribution is 7.09. The van der Waals surface area contributed by atoms with E-state index in [4.69, 9.17) is 9.90 Å². The molecular formula is C18H24F3N3O3S. The monoisotopic (exact) mass is 419 g/mol. The molecule has 1 N–H and O–H groups in total. The van der Waals surface area contributed by atoms with E-state index in [1.807, 2.05) is 11.6 Å². The van der Waals surface area contributed by atoms with Crippen molar-refractivity contribution < 1.29 is 27.9 Å². The van der Waals surface area contributed by atoms with E-state index in [-0.39, 0.29) is 5.41 Å². The molecule has 3 aliphatic rings. The van der Waals surface area contributed by atoms with Gasteiger partial charge in [-0.15, -0.1) is 11.3 Å². The number of hydrogen-bond acceptors (Lipinski definition) is 5. The number of piperidine rings is 1. The third-order valence-corrected chi connectivity index (χ3v) is 6.44. The third-order valence-electron chi connectivity index (χ3n) is 5.67. The number of carboxylic acid groups (broad SMARTS) is 1. The van der Waals surface area contributed by atoms with E-state index in [1.165, 1.54) is 17.8 Å². The molecule has 1 aromatic rings. The molecule has 1 spiro atoms. The predicted octanol–water partition coefficient (Wildman–Crippen LogP) is 3.00. The van der Waals surface area contributed by atoms with Crippen LogP contribution in [0.4, 0.5) is 13.2 Å². The van der Waals surface area contributed by atoms with Gasteiger partial charge in [0.1, 0.15) is 5.01 Å². The summed E-state index contributed by atoms with van der Waals surface area (Å²) >= 11 is 1.73. The Morgan fingerprint density at radius 3 is 2.36 bits per heavy atom. The number of alkyl halides is 3. The zero-order valence-electron chi connectivity index (χ0n) is 15.5. The highest BCUT2D eigenvalue weighted by atomic mass is 32.1. The number of halogens is 3. The maximum absolute atomic E-state index is 12.8. The van der Waals surface area contributed by atoms with Crippen LogP contribution in [0.2, 0.25) is 0 Å². The van der Waals surface area contributed by atoms with E-state index in [1.54, 1.807) is 11.3 Å². The number of hydrogen-bond donors (Lipinski definition) is 1. The number of likely N-dealkylation sites (tertiary alicyclic amines) is 2. The van der Waals surface area contributed by atoms with Gasteiger partial charge >= 0.3 is 12.1 Å².